The molecule has 1 rings (SSSR count). The van der Waals surface area contributed by atoms with E-state index < -0.39 is 0 Å². The van der Waals surface area contributed by atoms with Crippen molar-refractivity contribution in [3.63, 3.8) is 0 Å². The molecule has 0 saturated carbocycles. The van der Waals surface area contributed by atoms with Gasteiger partial charge in [0.05, 0.1) is 10.7 Å². The standard InChI is InChI=1S/C12H22N2S/c1-5-10-8-15-12(14-10)9(4)11(6-2)13-7-3/h8-9,11,13H,5-7H2,1-4H3. The van der Waals surface area contributed by atoms with Gasteiger partial charge >= 0.3 is 0 Å². The van der Waals surface area contributed by atoms with Crippen LogP contribution in [-0.2, 0) is 6.42 Å². The smallest absolute Gasteiger partial charge is 0.0972 e. The lowest BCUT2D eigenvalue weighted by Gasteiger charge is -2.21. The summed E-state index contributed by atoms with van der Waals surface area (Å²) in [6, 6.07) is 0.561. The number of aromatic nitrogens is 1. The van der Waals surface area contributed by atoms with Gasteiger partial charge in [0.15, 0.2) is 0 Å². The van der Waals surface area contributed by atoms with E-state index in [9.17, 15) is 0 Å². The van der Waals surface area contributed by atoms with Gasteiger partial charge in [-0.2, -0.15) is 0 Å². The summed E-state index contributed by atoms with van der Waals surface area (Å²) in [4.78, 5) is 4.66. The Labute approximate surface area is 97.1 Å². The quantitative estimate of drug-likeness (QED) is 0.806. The molecule has 2 nitrogen and oxygen atoms in total. The number of thiazole rings is 1. The lowest BCUT2D eigenvalue weighted by atomic mass is 10.0. The number of nitrogens with one attached hydrogen (secondary N) is 1. The number of aryl methyl sites for hydroxylation is 1. The molecule has 15 heavy (non-hydrogen) atoms. The first-order chi connectivity index (χ1) is 7.22. The summed E-state index contributed by atoms with van der Waals surface area (Å²) < 4.78 is 0. The molecule has 86 valence electrons. The van der Waals surface area contributed by atoms with Gasteiger partial charge in [0, 0.05) is 17.3 Å². The second kappa shape index (κ2) is 6.23. The van der Waals surface area contributed by atoms with Crippen molar-refractivity contribution >= 4 is 11.3 Å². The fourth-order valence-electron chi connectivity index (χ4n) is 1.80. The summed E-state index contributed by atoms with van der Waals surface area (Å²) in [6.45, 7) is 9.86. The van der Waals surface area contributed by atoms with Gasteiger partial charge in [-0.3, -0.25) is 0 Å². The molecule has 0 radical (unpaired) electrons. The molecule has 0 fully saturated rings. The van der Waals surface area contributed by atoms with Crippen LogP contribution in [0.25, 0.3) is 0 Å². The molecule has 2 atom stereocenters. The van der Waals surface area contributed by atoms with Crippen LogP contribution in [0.15, 0.2) is 5.38 Å². The maximum Gasteiger partial charge on any atom is 0.0972 e. The second-order valence-corrected chi connectivity index (χ2v) is 4.78. The van der Waals surface area contributed by atoms with Crippen LogP contribution < -0.4 is 5.32 Å². The number of likely N-dealkylation sites (N-methyl/N-ethyl adjacent to an activating group) is 1. The van der Waals surface area contributed by atoms with E-state index in [2.05, 4.69) is 43.4 Å². The minimum absolute atomic E-state index is 0.528. The molecule has 0 saturated heterocycles. The summed E-state index contributed by atoms with van der Waals surface area (Å²) in [6.07, 6.45) is 2.21. The zero-order chi connectivity index (χ0) is 11.3. The van der Waals surface area contributed by atoms with Gasteiger partial charge in [0.25, 0.3) is 0 Å². The first-order valence-electron chi connectivity index (χ1n) is 5.90. The van der Waals surface area contributed by atoms with Crippen LogP contribution in [0.4, 0.5) is 0 Å². The van der Waals surface area contributed by atoms with Crippen molar-refractivity contribution < 1.29 is 0 Å². The largest absolute Gasteiger partial charge is 0.314 e. The maximum absolute atomic E-state index is 4.66. The van der Waals surface area contributed by atoms with Crippen LogP contribution in [0, 0.1) is 0 Å². The monoisotopic (exact) mass is 226 g/mol. The first kappa shape index (κ1) is 12.7. The van der Waals surface area contributed by atoms with Gasteiger partial charge in [-0.05, 0) is 19.4 Å². The van der Waals surface area contributed by atoms with Crippen LogP contribution in [-0.4, -0.2) is 17.6 Å². The molecule has 0 aromatic carbocycles. The Bertz CT molecular complexity index is 283. The van der Waals surface area contributed by atoms with Gasteiger partial charge in [-0.1, -0.05) is 27.7 Å². The van der Waals surface area contributed by atoms with Crippen molar-refractivity contribution in [3.05, 3.63) is 16.1 Å². The molecule has 1 heterocycles. The average molecular weight is 226 g/mol. The summed E-state index contributed by atoms with van der Waals surface area (Å²) in [5, 5.41) is 6.99. The maximum atomic E-state index is 4.66. The topological polar surface area (TPSA) is 24.9 Å². The Morgan fingerprint density at radius 3 is 2.60 bits per heavy atom. The Hall–Kier alpha value is -0.410. The molecule has 0 bridgehead atoms. The van der Waals surface area contributed by atoms with Gasteiger partial charge in [0.1, 0.15) is 0 Å². The van der Waals surface area contributed by atoms with Crippen molar-refractivity contribution in [3.8, 4) is 0 Å². The molecule has 0 aliphatic rings. The van der Waals surface area contributed by atoms with E-state index in [0.29, 0.717) is 12.0 Å². The van der Waals surface area contributed by atoms with Crippen LogP contribution in [0.1, 0.15) is 50.7 Å². The third-order valence-corrected chi connectivity index (χ3v) is 3.93. The highest BCUT2D eigenvalue weighted by Crippen LogP contribution is 2.24. The van der Waals surface area contributed by atoms with Crippen molar-refractivity contribution in [1.29, 1.82) is 0 Å². The fraction of sp³-hybridized carbons (Fsp3) is 0.750. The molecule has 0 amide bonds. The minimum Gasteiger partial charge on any atom is -0.314 e. The van der Waals surface area contributed by atoms with Crippen molar-refractivity contribution in [2.75, 3.05) is 6.54 Å². The second-order valence-electron chi connectivity index (χ2n) is 3.89. The summed E-state index contributed by atoms with van der Waals surface area (Å²) in [5.41, 5.74) is 1.23. The van der Waals surface area contributed by atoms with E-state index in [4.69, 9.17) is 0 Å². The van der Waals surface area contributed by atoms with Crippen LogP contribution >= 0.6 is 11.3 Å². The Morgan fingerprint density at radius 2 is 2.13 bits per heavy atom. The third kappa shape index (κ3) is 3.28. The highest BCUT2D eigenvalue weighted by atomic mass is 32.1. The lowest BCUT2D eigenvalue weighted by Crippen LogP contribution is -2.32. The predicted octanol–water partition coefficient (Wildman–Crippen LogP) is 3.20. The Morgan fingerprint density at radius 1 is 1.40 bits per heavy atom. The van der Waals surface area contributed by atoms with Crippen molar-refractivity contribution in [1.82, 2.24) is 10.3 Å². The van der Waals surface area contributed by atoms with E-state index in [1.807, 2.05) is 0 Å². The molecule has 0 aliphatic heterocycles. The van der Waals surface area contributed by atoms with Crippen LogP contribution in [0.2, 0.25) is 0 Å². The molecular weight excluding hydrogens is 204 g/mol. The summed E-state index contributed by atoms with van der Waals surface area (Å²) >= 11 is 1.80. The highest BCUT2D eigenvalue weighted by molar-refractivity contribution is 7.09. The molecule has 0 aliphatic carbocycles. The molecule has 1 aromatic rings. The summed E-state index contributed by atoms with van der Waals surface area (Å²) in [7, 11) is 0. The Kier molecular flexibility index (Phi) is 5.26. The molecule has 0 spiro atoms. The number of rotatable bonds is 6. The highest BCUT2D eigenvalue weighted by Gasteiger charge is 2.18. The number of nitrogens with zero attached hydrogens (tertiary/aromatic N) is 1. The van der Waals surface area contributed by atoms with E-state index in [0.717, 1.165) is 19.4 Å². The van der Waals surface area contributed by atoms with E-state index in [-0.39, 0.29) is 0 Å². The minimum atomic E-state index is 0.528. The normalized spacial score (nSPS) is 15.2. The van der Waals surface area contributed by atoms with Gasteiger partial charge in [0.2, 0.25) is 0 Å². The van der Waals surface area contributed by atoms with E-state index in [1.165, 1.54) is 10.7 Å². The SMILES string of the molecule is CCNC(CC)C(C)c1nc(CC)cs1. The van der Waals surface area contributed by atoms with Gasteiger partial charge in [-0.25, -0.2) is 4.98 Å². The zero-order valence-corrected chi connectivity index (χ0v) is 11.0. The van der Waals surface area contributed by atoms with E-state index >= 15 is 0 Å². The first-order valence-corrected chi connectivity index (χ1v) is 6.78. The molecular formula is C12H22N2S. The number of hydrogen-bond donors (Lipinski definition) is 1. The lowest BCUT2D eigenvalue weighted by molar-refractivity contribution is 0.447. The van der Waals surface area contributed by atoms with Crippen molar-refractivity contribution in [2.24, 2.45) is 0 Å². The number of hydrogen-bond acceptors (Lipinski definition) is 3. The van der Waals surface area contributed by atoms with E-state index in [1.54, 1.807) is 11.3 Å². The molecule has 1 N–H and O–H groups in total. The molecule has 1 aromatic heterocycles. The summed E-state index contributed by atoms with van der Waals surface area (Å²) in [5.74, 6) is 0.528. The average Bonchev–Trinajstić information content (AvgIpc) is 2.73. The van der Waals surface area contributed by atoms with Gasteiger partial charge in [-0.15, -0.1) is 11.3 Å². The van der Waals surface area contributed by atoms with Crippen LogP contribution in [0.3, 0.4) is 0 Å². The van der Waals surface area contributed by atoms with Crippen molar-refractivity contribution in [2.45, 2.75) is 52.5 Å². The fourth-order valence-corrected chi connectivity index (χ4v) is 2.83. The zero-order valence-electron chi connectivity index (χ0n) is 10.2. The molecule has 2 unspecified atom stereocenters. The van der Waals surface area contributed by atoms with Crippen LogP contribution in [0.5, 0.6) is 0 Å². The van der Waals surface area contributed by atoms with Gasteiger partial charge < -0.3 is 5.32 Å². The molecule has 3 heteroatoms. The predicted molar refractivity (Wildman–Crippen MR) is 67.7 cm³/mol. The Balaban J connectivity index is 2.68. The third-order valence-electron chi connectivity index (χ3n) is 2.83.